The lowest BCUT2D eigenvalue weighted by molar-refractivity contribution is -0.193. The second-order valence-corrected chi connectivity index (χ2v) is 9.34. The normalized spacial score (nSPS) is 11.4. The molecule has 2 rings (SSSR count). The molecule has 0 amide bonds. The molecule has 0 aliphatic rings. The Kier molecular flexibility index (Phi) is 13.8. The van der Waals surface area contributed by atoms with E-state index in [9.17, 15) is 26.3 Å². The van der Waals surface area contributed by atoms with Crippen molar-refractivity contribution in [2.24, 2.45) is 5.41 Å². The topological polar surface area (TPSA) is 153 Å². The summed E-state index contributed by atoms with van der Waals surface area (Å²) in [5, 5.41) is 20.9. The van der Waals surface area contributed by atoms with Gasteiger partial charge in [-0.25, -0.2) is 19.6 Å². The van der Waals surface area contributed by atoms with Gasteiger partial charge in [0.25, 0.3) is 0 Å². The van der Waals surface area contributed by atoms with Crippen molar-refractivity contribution >= 4 is 35.5 Å². The number of aliphatic carboxylic acids is 2. The minimum atomic E-state index is -5.08. The van der Waals surface area contributed by atoms with Crippen molar-refractivity contribution in [1.29, 1.82) is 0 Å². The Labute approximate surface area is 212 Å². The average molecular weight is 563 g/mol. The van der Waals surface area contributed by atoms with Crippen molar-refractivity contribution in [1.82, 2.24) is 19.9 Å². The number of carboxylic acid groups (broad SMARTS) is 2. The van der Waals surface area contributed by atoms with E-state index in [1.807, 2.05) is 24.8 Å². The number of hydrogen-bond donors (Lipinski definition) is 5. The summed E-state index contributed by atoms with van der Waals surface area (Å²) in [4.78, 5) is 33.9. The molecule has 0 atom stereocenters. The van der Waals surface area contributed by atoms with Gasteiger partial charge in [-0.05, 0) is 18.4 Å². The number of aromatic nitrogens is 4. The summed E-state index contributed by atoms with van der Waals surface area (Å²) in [6.07, 6.45) is -6.64. The summed E-state index contributed by atoms with van der Waals surface area (Å²) in [5.74, 6) is -2.06. The molecule has 37 heavy (non-hydrogen) atoms. The largest absolute Gasteiger partial charge is 0.490 e. The molecule has 0 spiro atoms. The maximum absolute atomic E-state index is 10.6. The van der Waals surface area contributed by atoms with Crippen molar-refractivity contribution in [3.05, 3.63) is 30.0 Å². The third-order valence-electron chi connectivity index (χ3n) is 3.64. The third-order valence-corrected chi connectivity index (χ3v) is 4.61. The molecule has 2 aromatic heterocycles. The number of thioether (sulfide) groups is 1. The Morgan fingerprint density at radius 2 is 1.54 bits per heavy atom. The lowest BCUT2D eigenvalue weighted by Gasteiger charge is -2.18. The molecule has 0 aliphatic heterocycles. The SMILES string of the molecule is Cc1[nH]cnc1CSCCNc1ccnc(NCC(C)(C)C)n1.O=C(O)C(F)(F)F.O=C(O)C(F)(F)F. The molecule has 0 saturated heterocycles. The molecular weight excluding hydrogens is 534 g/mol. The molecule has 0 radical (unpaired) electrons. The quantitative estimate of drug-likeness (QED) is 0.228. The second kappa shape index (κ2) is 15.1. The van der Waals surface area contributed by atoms with Gasteiger partial charge in [0.1, 0.15) is 5.82 Å². The van der Waals surface area contributed by atoms with Crippen LogP contribution in [0.15, 0.2) is 18.6 Å². The number of carbonyl (C=O) groups is 2. The van der Waals surface area contributed by atoms with Gasteiger partial charge in [-0.3, -0.25) is 0 Å². The zero-order valence-electron chi connectivity index (χ0n) is 20.3. The van der Waals surface area contributed by atoms with Crippen LogP contribution in [0.1, 0.15) is 32.2 Å². The molecule has 10 nitrogen and oxygen atoms in total. The maximum atomic E-state index is 10.6. The average Bonchev–Trinajstić information content (AvgIpc) is 3.16. The van der Waals surface area contributed by atoms with Crippen LogP contribution in [0.4, 0.5) is 38.1 Å². The smallest absolute Gasteiger partial charge is 0.475 e. The van der Waals surface area contributed by atoms with Gasteiger partial charge in [-0.2, -0.15) is 43.1 Å². The number of rotatable bonds is 8. The molecule has 0 saturated carbocycles. The van der Waals surface area contributed by atoms with Gasteiger partial charge in [0.15, 0.2) is 0 Å². The van der Waals surface area contributed by atoms with Crippen molar-refractivity contribution in [3.8, 4) is 0 Å². The number of hydrogen-bond acceptors (Lipinski definition) is 8. The number of aromatic amines is 1. The highest BCUT2D eigenvalue weighted by molar-refractivity contribution is 7.98. The summed E-state index contributed by atoms with van der Waals surface area (Å²) in [6.45, 7) is 10.3. The lowest BCUT2D eigenvalue weighted by Crippen LogP contribution is -2.21. The first-order valence-corrected chi connectivity index (χ1v) is 11.5. The van der Waals surface area contributed by atoms with Gasteiger partial charge in [-0.15, -0.1) is 0 Å². The summed E-state index contributed by atoms with van der Waals surface area (Å²) in [7, 11) is 0. The van der Waals surface area contributed by atoms with Crippen LogP contribution in [0.5, 0.6) is 0 Å². The molecule has 0 fully saturated rings. The van der Waals surface area contributed by atoms with Crippen molar-refractivity contribution in [3.63, 3.8) is 0 Å². The predicted octanol–water partition coefficient (Wildman–Crippen LogP) is 4.58. The van der Waals surface area contributed by atoms with Gasteiger partial charge in [0, 0.05) is 36.5 Å². The minimum Gasteiger partial charge on any atom is -0.475 e. The van der Waals surface area contributed by atoms with E-state index in [1.54, 1.807) is 12.5 Å². The minimum absolute atomic E-state index is 0.202. The summed E-state index contributed by atoms with van der Waals surface area (Å²) < 4.78 is 63.5. The number of nitrogens with one attached hydrogen (secondary N) is 3. The fourth-order valence-corrected chi connectivity index (χ4v) is 2.71. The zero-order chi connectivity index (χ0) is 28.9. The predicted molar refractivity (Wildman–Crippen MR) is 125 cm³/mol. The first-order chi connectivity index (χ1) is 16.8. The van der Waals surface area contributed by atoms with Crippen LogP contribution in [0.3, 0.4) is 0 Å². The number of aryl methyl sites for hydroxylation is 1. The number of alkyl halides is 6. The van der Waals surface area contributed by atoms with Crippen LogP contribution in [0, 0.1) is 12.3 Å². The van der Waals surface area contributed by atoms with Crippen LogP contribution in [0.25, 0.3) is 0 Å². The molecule has 0 unspecified atom stereocenters. The van der Waals surface area contributed by atoms with E-state index in [1.165, 1.54) is 0 Å². The summed E-state index contributed by atoms with van der Waals surface area (Å²) in [5.41, 5.74) is 2.48. The highest BCUT2D eigenvalue weighted by atomic mass is 32.2. The van der Waals surface area contributed by atoms with Crippen LogP contribution in [-0.2, 0) is 15.3 Å². The van der Waals surface area contributed by atoms with Crippen molar-refractivity contribution < 1.29 is 46.1 Å². The summed E-state index contributed by atoms with van der Waals surface area (Å²) >= 11 is 1.86. The van der Waals surface area contributed by atoms with Crippen LogP contribution >= 0.6 is 11.8 Å². The summed E-state index contributed by atoms with van der Waals surface area (Å²) in [6, 6.07) is 1.89. The molecule has 0 aromatic carbocycles. The van der Waals surface area contributed by atoms with Gasteiger partial charge >= 0.3 is 24.3 Å². The molecule has 17 heteroatoms. The highest BCUT2D eigenvalue weighted by Gasteiger charge is 2.38. The monoisotopic (exact) mass is 562 g/mol. The molecule has 210 valence electrons. The first kappa shape index (κ1) is 33.8. The van der Waals surface area contributed by atoms with E-state index in [4.69, 9.17) is 19.8 Å². The standard InChI is InChI=1S/C16H26N6S.2C2HF3O2/c1-12-13(21-11-20-12)9-23-8-7-17-14-5-6-18-15(22-14)19-10-16(2,3)4;2*3-2(4,5)1(6)7/h5-6,11H,7-10H2,1-4H3,(H,20,21)(H2,17,18,19,22);2*(H,6,7). The number of carboxylic acids is 2. The lowest BCUT2D eigenvalue weighted by atomic mass is 9.97. The van der Waals surface area contributed by atoms with E-state index in [-0.39, 0.29) is 5.41 Å². The van der Waals surface area contributed by atoms with Crippen LogP contribution in [0.2, 0.25) is 0 Å². The highest BCUT2D eigenvalue weighted by Crippen LogP contribution is 2.16. The number of anilines is 2. The Morgan fingerprint density at radius 3 is 1.97 bits per heavy atom. The second-order valence-electron chi connectivity index (χ2n) is 8.24. The van der Waals surface area contributed by atoms with Crippen molar-refractivity contribution in [2.45, 2.75) is 45.8 Å². The molecule has 2 aromatic rings. The van der Waals surface area contributed by atoms with Crippen LogP contribution in [-0.4, -0.2) is 73.3 Å². The van der Waals surface area contributed by atoms with E-state index in [0.717, 1.165) is 41.8 Å². The van der Waals surface area contributed by atoms with E-state index >= 15 is 0 Å². The Hall–Kier alpha value is -3.24. The molecule has 0 bridgehead atoms. The zero-order valence-corrected chi connectivity index (χ0v) is 21.1. The third kappa shape index (κ3) is 17.0. The number of nitrogens with zero attached hydrogens (tertiary/aromatic N) is 3. The Bertz CT molecular complexity index is 955. The van der Waals surface area contributed by atoms with Gasteiger partial charge < -0.3 is 25.8 Å². The first-order valence-electron chi connectivity index (χ1n) is 10.3. The van der Waals surface area contributed by atoms with E-state index in [0.29, 0.717) is 5.95 Å². The maximum Gasteiger partial charge on any atom is 0.490 e. The molecule has 0 aliphatic carbocycles. The van der Waals surface area contributed by atoms with Crippen molar-refractivity contribution in [2.75, 3.05) is 29.5 Å². The van der Waals surface area contributed by atoms with E-state index in [2.05, 4.69) is 51.3 Å². The fraction of sp³-hybridized carbons (Fsp3) is 0.550. The Morgan fingerprint density at radius 1 is 1.00 bits per heavy atom. The van der Waals surface area contributed by atoms with Gasteiger partial charge in [-0.1, -0.05) is 20.8 Å². The molecular formula is C20H28F6N6O4S. The Balaban J connectivity index is 0.000000761. The van der Waals surface area contributed by atoms with E-state index < -0.39 is 24.3 Å². The number of halogens is 6. The molecule has 2 heterocycles. The fourth-order valence-electron chi connectivity index (χ4n) is 1.84. The number of imidazole rings is 1. The van der Waals surface area contributed by atoms with Crippen LogP contribution < -0.4 is 10.6 Å². The van der Waals surface area contributed by atoms with Gasteiger partial charge in [0.05, 0.1) is 12.0 Å². The number of H-pyrrole nitrogens is 1. The molecule has 5 N–H and O–H groups in total. The van der Waals surface area contributed by atoms with Gasteiger partial charge in [0.2, 0.25) is 5.95 Å².